The fourth-order valence-corrected chi connectivity index (χ4v) is 2.94. The summed E-state index contributed by atoms with van der Waals surface area (Å²) in [6.07, 6.45) is 8.05. The third kappa shape index (κ3) is 17.2. The Hall–Kier alpha value is -5.01. The number of nitrogens with zero attached hydrogens (tertiary/aromatic N) is 2. The third-order valence-corrected chi connectivity index (χ3v) is 4.04. The SMILES string of the molecule is C1=Cc2cc3ccc(cc4ccc(cc5nc(cc1n2)C=C5)[nH]4)[nH]3.CC([NH-])=O.CC([NH-])=O.CC([NH-])=O.CC([NH-])=O.[Co]. The molecule has 6 N–H and O–H groups in total. The van der Waals surface area contributed by atoms with Crippen molar-refractivity contribution in [3.63, 3.8) is 0 Å². The molecular weight excluding hydrogens is 571 g/mol. The van der Waals surface area contributed by atoms with Crippen molar-refractivity contribution in [3.05, 3.63) is 94.2 Å². The molecule has 3 aromatic rings. The maximum atomic E-state index is 9.11. The molecule has 1 radical (unpaired) electrons. The summed E-state index contributed by atoms with van der Waals surface area (Å²) in [5.41, 5.74) is 31.6. The van der Waals surface area contributed by atoms with Crippen LogP contribution in [0.15, 0.2) is 48.5 Å². The number of carbonyl (C=O) groups is 4. The fraction of sp³-hybridized carbons (Fsp3) is 0.143. The maximum Gasteiger partial charge on any atom is 0.0659 e. The topological polar surface area (TPSA) is 221 Å². The van der Waals surface area contributed by atoms with E-state index in [4.69, 9.17) is 42.1 Å². The number of hydrogen-bond acceptors (Lipinski definition) is 6. The van der Waals surface area contributed by atoms with Gasteiger partial charge in [-0.15, -0.1) is 0 Å². The van der Waals surface area contributed by atoms with Crippen molar-refractivity contribution in [1.82, 2.24) is 19.9 Å². The Morgan fingerprint density at radius 2 is 0.707 bits per heavy atom. The first-order chi connectivity index (χ1) is 18.7. The van der Waals surface area contributed by atoms with Crippen molar-refractivity contribution in [3.8, 4) is 0 Å². The van der Waals surface area contributed by atoms with Crippen LogP contribution in [0.5, 0.6) is 0 Å². The fourth-order valence-electron chi connectivity index (χ4n) is 2.94. The maximum absolute atomic E-state index is 9.11. The molecule has 0 fully saturated rings. The Balaban J connectivity index is 0.000000789. The molecule has 0 unspecified atom stereocenters. The summed E-state index contributed by atoms with van der Waals surface area (Å²) in [6.45, 7) is 4.78. The Bertz CT molecular complexity index is 1420. The number of fused-ring (bicyclic) bond motifs is 8. The molecule has 4 amide bonds. The van der Waals surface area contributed by atoms with Crippen LogP contribution in [-0.4, -0.2) is 43.6 Å². The zero-order chi connectivity index (χ0) is 30.2. The van der Waals surface area contributed by atoms with E-state index in [-0.39, 0.29) is 16.8 Å². The number of nitrogens with one attached hydrogen (secondary N) is 6. The van der Waals surface area contributed by atoms with Crippen LogP contribution in [0, 0.1) is 0 Å². The summed E-state index contributed by atoms with van der Waals surface area (Å²) >= 11 is 0. The van der Waals surface area contributed by atoms with Gasteiger partial charge in [0.25, 0.3) is 0 Å². The van der Waals surface area contributed by atoms with Gasteiger partial charge in [-0.1, -0.05) is 0 Å². The average molecular weight is 602 g/mol. The molecule has 0 saturated carbocycles. The van der Waals surface area contributed by atoms with Crippen LogP contribution in [0.1, 0.15) is 50.5 Å². The molecule has 5 rings (SSSR count). The number of aromatic nitrogens is 4. The molecule has 0 saturated heterocycles. The molecule has 41 heavy (non-hydrogen) atoms. The number of rotatable bonds is 0. The van der Waals surface area contributed by atoms with Crippen molar-refractivity contribution in [2.45, 2.75) is 27.7 Å². The van der Waals surface area contributed by atoms with E-state index >= 15 is 0 Å². The van der Waals surface area contributed by atoms with Crippen LogP contribution in [0.3, 0.4) is 0 Å². The zero-order valence-electron chi connectivity index (χ0n) is 22.8. The van der Waals surface area contributed by atoms with Gasteiger partial charge in [0.15, 0.2) is 0 Å². The number of carbonyl (C=O) groups excluding carboxylic acids is 4. The Kier molecular flexibility index (Phi) is 16.1. The summed E-state index contributed by atoms with van der Waals surface area (Å²) in [7, 11) is 0. The molecule has 219 valence electrons. The van der Waals surface area contributed by atoms with Crippen molar-refractivity contribution in [2.75, 3.05) is 0 Å². The molecule has 12 nitrogen and oxygen atoms in total. The second-order valence-corrected chi connectivity index (χ2v) is 8.13. The van der Waals surface area contributed by atoms with Gasteiger partial charge in [-0.2, -0.15) is 0 Å². The van der Waals surface area contributed by atoms with Crippen molar-refractivity contribution in [2.24, 2.45) is 0 Å². The summed E-state index contributed by atoms with van der Waals surface area (Å²) < 4.78 is 0. The van der Waals surface area contributed by atoms with Gasteiger partial charge in [0, 0.05) is 62.5 Å². The van der Waals surface area contributed by atoms with Crippen LogP contribution in [-0.2, 0) is 36.0 Å². The zero-order valence-corrected chi connectivity index (χ0v) is 23.8. The van der Waals surface area contributed by atoms with Gasteiger partial charge >= 0.3 is 0 Å². The van der Waals surface area contributed by atoms with Gasteiger partial charge in [-0.25, -0.2) is 9.97 Å². The molecule has 0 spiro atoms. The molecule has 3 aromatic heterocycles. The second kappa shape index (κ2) is 18.3. The van der Waals surface area contributed by atoms with E-state index in [1.54, 1.807) is 0 Å². The van der Waals surface area contributed by atoms with Gasteiger partial charge < -0.3 is 52.1 Å². The minimum absolute atomic E-state index is 0. The Morgan fingerprint density at radius 1 is 0.488 bits per heavy atom. The predicted molar refractivity (Wildman–Crippen MR) is 159 cm³/mol. The van der Waals surface area contributed by atoms with E-state index < -0.39 is 23.6 Å². The summed E-state index contributed by atoms with van der Waals surface area (Å²) in [5.74, 6) is -2.33. The number of hydrogen-bond donors (Lipinski definition) is 2. The normalized spacial score (nSPS) is 9.85. The molecule has 8 bridgehead atoms. The molecule has 0 atom stereocenters. The van der Waals surface area contributed by atoms with Crippen LogP contribution in [0.25, 0.3) is 69.3 Å². The van der Waals surface area contributed by atoms with E-state index in [1.165, 1.54) is 27.7 Å². The molecule has 13 heteroatoms. The van der Waals surface area contributed by atoms with Crippen LogP contribution in [0.2, 0.25) is 0 Å². The number of H-pyrrole nitrogens is 2. The average Bonchev–Trinajstić information content (AvgIpc) is 3.58. The smallest absolute Gasteiger partial charge is 0.0659 e. The van der Waals surface area contributed by atoms with E-state index in [1.807, 2.05) is 42.5 Å². The van der Waals surface area contributed by atoms with Gasteiger partial charge in [0.2, 0.25) is 0 Å². The standard InChI is InChI=1S/C20H14N4.4C2H5NO.Co/c1-2-14-10-16-5-6-18(23-16)12-20-8-7-19(24-20)11-17-4-3-15(22-17)9-13(1)21-14;4*1-2(3)4;/h1-12,21-22H;4*1H3,(H2,3,4);/p-4. The van der Waals surface area contributed by atoms with Crippen LogP contribution in [0.4, 0.5) is 0 Å². The molecular formula is C28H30CoN8O4-4. The monoisotopic (exact) mass is 601 g/mol. The van der Waals surface area contributed by atoms with Gasteiger partial charge in [0.1, 0.15) is 0 Å². The first-order valence-electron chi connectivity index (χ1n) is 11.7. The number of aromatic amines is 2. The van der Waals surface area contributed by atoms with Crippen molar-refractivity contribution >= 4 is 70.0 Å². The molecule has 5 heterocycles. The molecule has 0 aromatic carbocycles. The summed E-state index contributed by atoms with van der Waals surface area (Å²) in [5, 5.41) is 0. The first kappa shape index (κ1) is 36.0. The summed E-state index contributed by atoms with van der Waals surface area (Å²) in [4.78, 5) is 52.5. The van der Waals surface area contributed by atoms with E-state index in [9.17, 15) is 0 Å². The van der Waals surface area contributed by atoms with Crippen LogP contribution >= 0.6 is 0 Å². The quantitative estimate of drug-likeness (QED) is 0.190. The van der Waals surface area contributed by atoms with Gasteiger partial charge in [-0.3, -0.25) is 0 Å². The molecule has 2 aliphatic heterocycles. The Labute approximate surface area is 247 Å². The minimum atomic E-state index is -0.583. The van der Waals surface area contributed by atoms with Crippen molar-refractivity contribution < 1.29 is 36.0 Å². The first-order valence-corrected chi connectivity index (χ1v) is 11.7. The van der Waals surface area contributed by atoms with Gasteiger partial charge in [0.05, 0.1) is 22.8 Å². The van der Waals surface area contributed by atoms with Gasteiger partial charge in [-0.05, 0) is 101 Å². The number of amides is 4. The van der Waals surface area contributed by atoms with Crippen LogP contribution < -0.4 is 0 Å². The predicted octanol–water partition coefficient (Wildman–Crippen LogP) is 6.99. The van der Waals surface area contributed by atoms with E-state index in [0.29, 0.717) is 0 Å². The Morgan fingerprint density at radius 3 is 0.976 bits per heavy atom. The van der Waals surface area contributed by atoms with E-state index in [0.717, 1.165) is 44.8 Å². The largest absolute Gasteiger partial charge is 0.668 e. The molecule has 2 aliphatic rings. The molecule has 0 aliphatic carbocycles. The van der Waals surface area contributed by atoms with Crippen molar-refractivity contribution in [1.29, 1.82) is 0 Å². The third-order valence-electron chi connectivity index (χ3n) is 4.04. The summed E-state index contributed by atoms with van der Waals surface area (Å²) in [6, 6.07) is 16.4. The minimum Gasteiger partial charge on any atom is -0.668 e. The van der Waals surface area contributed by atoms with E-state index in [2.05, 4.69) is 50.3 Å². The second-order valence-electron chi connectivity index (χ2n) is 8.13.